The molecule has 4 saturated heterocycles. The van der Waals surface area contributed by atoms with Gasteiger partial charge in [-0.25, -0.2) is 14.3 Å². The fourth-order valence-electron chi connectivity index (χ4n) is 6.34. The molecule has 4 aliphatic rings. The number of hydrogen-bond donors (Lipinski definition) is 1. The van der Waals surface area contributed by atoms with E-state index in [9.17, 15) is 4.79 Å². The second-order valence-corrected chi connectivity index (χ2v) is 12.2. The Morgan fingerprint density at radius 1 is 1.14 bits per heavy atom. The number of rotatable bonds is 3. The molecular weight excluding hydrogens is 476 g/mol. The molecule has 6 rings (SSSR count). The first kappa shape index (κ1) is 24.8. The third-order valence-corrected chi connectivity index (χ3v) is 8.22. The first-order chi connectivity index (χ1) is 17.4. The third kappa shape index (κ3) is 4.35. The van der Waals surface area contributed by atoms with Gasteiger partial charge in [0, 0.05) is 31.7 Å². The summed E-state index contributed by atoms with van der Waals surface area (Å²) in [4.78, 5) is 21.0. The number of aromatic nitrogens is 3. The van der Waals surface area contributed by atoms with Gasteiger partial charge in [-0.05, 0) is 66.0 Å². The zero-order valence-corrected chi connectivity index (χ0v) is 22.3. The predicted octanol–water partition coefficient (Wildman–Crippen LogP) is 2.75. The Morgan fingerprint density at radius 2 is 1.84 bits per heavy atom. The van der Waals surface area contributed by atoms with Crippen LogP contribution in [-0.4, -0.2) is 91.9 Å². The summed E-state index contributed by atoms with van der Waals surface area (Å²) in [5.41, 5.74) is 7.30. The number of anilines is 1. The van der Waals surface area contributed by atoms with Crippen LogP contribution in [0.5, 0.6) is 0 Å². The Balaban J connectivity index is 1.17. The maximum absolute atomic E-state index is 12.6. The van der Waals surface area contributed by atoms with Crippen molar-refractivity contribution in [2.45, 2.75) is 95.2 Å². The Morgan fingerprint density at radius 3 is 2.51 bits per heavy atom. The second-order valence-electron chi connectivity index (χ2n) is 12.2. The molecule has 0 aromatic carbocycles. The molecule has 6 heterocycles. The molecule has 1 amide bonds. The lowest BCUT2D eigenvalue weighted by molar-refractivity contribution is -0.194. The molecule has 0 bridgehead atoms. The highest BCUT2D eigenvalue weighted by molar-refractivity contribution is 5.68. The number of piperidine rings is 1. The summed E-state index contributed by atoms with van der Waals surface area (Å²) in [7, 11) is 0. The van der Waals surface area contributed by atoms with Crippen molar-refractivity contribution >= 4 is 17.4 Å². The summed E-state index contributed by atoms with van der Waals surface area (Å²) in [6.07, 6.45) is 3.30. The van der Waals surface area contributed by atoms with Gasteiger partial charge < -0.3 is 29.6 Å². The van der Waals surface area contributed by atoms with Crippen molar-refractivity contribution in [1.29, 1.82) is 0 Å². The minimum absolute atomic E-state index is 0.0911. The molecule has 4 fully saturated rings. The molecule has 202 valence electrons. The normalized spacial score (nSPS) is 31.0. The van der Waals surface area contributed by atoms with E-state index in [0.717, 1.165) is 43.6 Å². The molecule has 0 unspecified atom stereocenters. The van der Waals surface area contributed by atoms with Crippen LogP contribution in [0.15, 0.2) is 18.5 Å². The quantitative estimate of drug-likeness (QED) is 0.660. The van der Waals surface area contributed by atoms with Crippen LogP contribution < -0.4 is 5.73 Å². The summed E-state index contributed by atoms with van der Waals surface area (Å²) in [6.45, 7) is 12.8. The highest BCUT2D eigenvalue weighted by atomic mass is 16.8. The van der Waals surface area contributed by atoms with E-state index in [2.05, 4.69) is 15.0 Å². The Hall–Kier alpha value is -2.47. The highest BCUT2D eigenvalue weighted by Crippen LogP contribution is 2.48. The van der Waals surface area contributed by atoms with Gasteiger partial charge in [0.15, 0.2) is 11.6 Å². The van der Waals surface area contributed by atoms with Crippen LogP contribution in [0, 0.1) is 0 Å². The van der Waals surface area contributed by atoms with E-state index in [4.69, 9.17) is 24.7 Å². The number of nitrogens with two attached hydrogens (primary N) is 1. The lowest BCUT2D eigenvalue weighted by Gasteiger charge is -2.57. The van der Waals surface area contributed by atoms with E-state index < -0.39 is 11.4 Å². The van der Waals surface area contributed by atoms with E-state index in [0.29, 0.717) is 18.9 Å². The number of ether oxygens (including phenoxy) is 4. The molecule has 11 nitrogen and oxygen atoms in total. The van der Waals surface area contributed by atoms with Crippen molar-refractivity contribution in [3.05, 3.63) is 24.2 Å². The van der Waals surface area contributed by atoms with Crippen LogP contribution in [0.4, 0.5) is 10.6 Å². The second kappa shape index (κ2) is 8.52. The van der Waals surface area contributed by atoms with E-state index in [1.807, 2.05) is 51.7 Å². The monoisotopic (exact) mass is 514 g/mol. The fraction of sp³-hybridized carbons (Fsp3) is 0.731. The van der Waals surface area contributed by atoms with Crippen molar-refractivity contribution < 1.29 is 23.7 Å². The molecule has 0 radical (unpaired) electrons. The zero-order chi connectivity index (χ0) is 26.2. The van der Waals surface area contributed by atoms with Gasteiger partial charge in [-0.1, -0.05) is 0 Å². The summed E-state index contributed by atoms with van der Waals surface area (Å²) in [5, 5.41) is 4.42. The van der Waals surface area contributed by atoms with Crippen LogP contribution in [-0.2, 0) is 18.9 Å². The Kier molecular flexibility index (Phi) is 5.72. The average Bonchev–Trinajstić information content (AvgIpc) is 3.47. The summed E-state index contributed by atoms with van der Waals surface area (Å²) >= 11 is 0. The van der Waals surface area contributed by atoms with Crippen LogP contribution in [0.1, 0.15) is 65.7 Å². The van der Waals surface area contributed by atoms with Gasteiger partial charge in [-0.3, -0.25) is 4.90 Å². The summed E-state index contributed by atoms with van der Waals surface area (Å²) < 4.78 is 26.8. The lowest BCUT2D eigenvalue weighted by Crippen LogP contribution is -2.66. The standard InChI is InChI=1S/C26H38N6O5/c1-24(2,3)37-23(33)30-11-8-26(9-12-30)10-13-31(26)14-18-20-21(36-25(4,5)35-20)19(34-18)16-6-7-17-22(27)28-15-29-32(16)17/h6-7,15,18-21H,8-14H2,1-5H3,(H2,27,28,29)/t18-,19+,20-,21+/m1/s1. The molecule has 4 atom stereocenters. The molecule has 11 heteroatoms. The number of carbonyl (C=O) groups is 1. The number of nitrogen functional groups attached to an aromatic ring is 1. The van der Waals surface area contributed by atoms with Crippen molar-refractivity contribution in [3.8, 4) is 0 Å². The first-order valence-corrected chi connectivity index (χ1v) is 13.3. The van der Waals surface area contributed by atoms with Gasteiger partial charge in [0.05, 0.1) is 5.69 Å². The average molecular weight is 515 g/mol. The molecule has 0 aliphatic carbocycles. The molecule has 37 heavy (non-hydrogen) atoms. The van der Waals surface area contributed by atoms with Crippen LogP contribution >= 0.6 is 0 Å². The summed E-state index contributed by atoms with van der Waals surface area (Å²) in [5.74, 6) is -0.265. The lowest BCUT2D eigenvalue weighted by atomic mass is 9.76. The minimum Gasteiger partial charge on any atom is -0.444 e. The molecule has 4 aliphatic heterocycles. The largest absolute Gasteiger partial charge is 0.444 e. The van der Waals surface area contributed by atoms with E-state index in [1.54, 1.807) is 4.52 Å². The van der Waals surface area contributed by atoms with Crippen molar-refractivity contribution in [2.24, 2.45) is 0 Å². The Labute approximate surface area is 217 Å². The van der Waals surface area contributed by atoms with Crippen LogP contribution in [0.25, 0.3) is 5.52 Å². The van der Waals surface area contributed by atoms with E-state index in [1.165, 1.54) is 6.33 Å². The third-order valence-electron chi connectivity index (χ3n) is 8.22. The summed E-state index contributed by atoms with van der Waals surface area (Å²) in [6, 6.07) is 3.90. The van der Waals surface area contributed by atoms with Crippen molar-refractivity contribution in [3.63, 3.8) is 0 Å². The molecule has 2 N–H and O–H groups in total. The molecule has 2 aromatic heterocycles. The SMILES string of the molecule is CC(C)(C)OC(=O)N1CCC2(CC1)CCN2C[C@H]1O[C@@H](c2ccc3c(N)ncnn23)[C@@H]2OC(C)(C)O[C@@H]21. The number of likely N-dealkylation sites (tertiary alicyclic amines) is 2. The number of fused-ring (bicyclic) bond motifs is 2. The fourth-order valence-corrected chi connectivity index (χ4v) is 6.34. The molecular formula is C26H38N6O5. The van der Waals surface area contributed by atoms with E-state index >= 15 is 0 Å². The Bertz CT molecular complexity index is 1180. The topological polar surface area (TPSA) is 117 Å². The maximum atomic E-state index is 12.6. The van der Waals surface area contributed by atoms with Gasteiger partial charge in [-0.2, -0.15) is 5.10 Å². The van der Waals surface area contributed by atoms with Gasteiger partial charge in [0.2, 0.25) is 0 Å². The van der Waals surface area contributed by atoms with Crippen LogP contribution in [0.3, 0.4) is 0 Å². The molecule has 0 saturated carbocycles. The smallest absolute Gasteiger partial charge is 0.410 e. The van der Waals surface area contributed by atoms with E-state index in [-0.39, 0.29) is 36.0 Å². The predicted molar refractivity (Wildman–Crippen MR) is 135 cm³/mol. The van der Waals surface area contributed by atoms with Gasteiger partial charge >= 0.3 is 6.09 Å². The van der Waals surface area contributed by atoms with Crippen LogP contribution in [0.2, 0.25) is 0 Å². The maximum Gasteiger partial charge on any atom is 0.410 e. The zero-order valence-electron chi connectivity index (χ0n) is 22.3. The number of amides is 1. The molecule has 1 spiro atoms. The van der Waals surface area contributed by atoms with Crippen molar-refractivity contribution in [1.82, 2.24) is 24.4 Å². The molecule has 2 aromatic rings. The van der Waals surface area contributed by atoms with Crippen molar-refractivity contribution in [2.75, 3.05) is 31.9 Å². The highest BCUT2D eigenvalue weighted by Gasteiger charge is 2.58. The van der Waals surface area contributed by atoms with Gasteiger partial charge in [-0.15, -0.1) is 0 Å². The van der Waals surface area contributed by atoms with Gasteiger partial charge in [0.1, 0.15) is 41.9 Å². The number of carbonyl (C=O) groups excluding carboxylic acids is 1. The number of hydrogen-bond acceptors (Lipinski definition) is 9. The first-order valence-electron chi connectivity index (χ1n) is 13.3. The number of nitrogens with zero attached hydrogens (tertiary/aromatic N) is 5. The minimum atomic E-state index is -0.692. The van der Waals surface area contributed by atoms with Gasteiger partial charge in [0.25, 0.3) is 0 Å².